The van der Waals surface area contributed by atoms with Gasteiger partial charge in [0.05, 0.1) is 24.0 Å². The van der Waals surface area contributed by atoms with E-state index in [-0.39, 0.29) is 25.2 Å². The predicted molar refractivity (Wildman–Crippen MR) is 113 cm³/mol. The molecule has 2 N–H and O–H groups in total. The molecule has 0 saturated carbocycles. The summed E-state index contributed by atoms with van der Waals surface area (Å²) < 4.78 is 10.4. The summed E-state index contributed by atoms with van der Waals surface area (Å²) in [5.41, 5.74) is 0.570. The number of aliphatic hydroxyl groups is 1. The Labute approximate surface area is 180 Å². The van der Waals surface area contributed by atoms with Gasteiger partial charge in [0.2, 0.25) is 0 Å². The summed E-state index contributed by atoms with van der Waals surface area (Å²) in [7, 11) is 0. The number of carbonyl (C=O) groups excluding carboxylic acids is 2. The number of rotatable bonds is 9. The number of non-ortho nitro benzene ring substituents is 1. The van der Waals surface area contributed by atoms with Crippen LogP contribution in [0, 0.1) is 10.1 Å². The van der Waals surface area contributed by atoms with Gasteiger partial charge in [0, 0.05) is 18.7 Å². The maximum Gasteiger partial charge on any atom is 0.320 e. The lowest BCUT2D eigenvalue weighted by Gasteiger charge is -2.20. The van der Waals surface area contributed by atoms with Crippen molar-refractivity contribution in [3.63, 3.8) is 0 Å². The van der Waals surface area contributed by atoms with Crippen LogP contribution < -0.4 is 10.1 Å². The van der Waals surface area contributed by atoms with E-state index in [1.54, 1.807) is 45.0 Å². The third kappa shape index (κ3) is 8.53. The Bertz CT molecular complexity index is 903. The molecule has 2 rings (SSSR count). The van der Waals surface area contributed by atoms with Crippen molar-refractivity contribution in [2.75, 3.05) is 13.1 Å². The van der Waals surface area contributed by atoms with Crippen LogP contribution in [0.5, 0.6) is 5.75 Å². The van der Waals surface area contributed by atoms with Crippen LogP contribution in [0.15, 0.2) is 48.5 Å². The van der Waals surface area contributed by atoms with Gasteiger partial charge in [-0.1, -0.05) is 24.3 Å². The fraction of sp³-hybridized carbons (Fsp3) is 0.364. The van der Waals surface area contributed by atoms with Crippen LogP contribution in [0.25, 0.3) is 0 Å². The van der Waals surface area contributed by atoms with Crippen molar-refractivity contribution in [3.8, 4) is 5.75 Å². The maximum absolute atomic E-state index is 12.1. The average Bonchev–Trinajstić information content (AvgIpc) is 2.67. The predicted octanol–water partition coefficient (Wildman–Crippen LogP) is 2.71. The summed E-state index contributed by atoms with van der Waals surface area (Å²) >= 11 is 0. The molecule has 0 aromatic heterocycles. The number of nitro benzene ring substituents is 1. The monoisotopic (exact) mass is 430 g/mol. The lowest BCUT2D eigenvalue weighted by atomic mass is 10.1. The second-order valence-corrected chi connectivity index (χ2v) is 7.88. The number of nitrogens with one attached hydrogen (secondary N) is 1. The molecule has 0 bridgehead atoms. The van der Waals surface area contributed by atoms with Crippen molar-refractivity contribution in [3.05, 3.63) is 69.8 Å². The molecule has 0 aliphatic carbocycles. The van der Waals surface area contributed by atoms with Crippen molar-refractivity contribution >= 4 is 17.6 Å². The van der Waals surface area contributed by atoms with Gasteiger partial charge >= 0.3 is 11.9 Å². The van der Waals surface area contributed by atoms with Crippen molar-refractivity contribution in [2.24, 2.45) is 0 Å². The van der Waals surface area contributed by atoms with E-state index in [1.165, 1.54) is 24.3 Å². The molecule has 0 spiro atoms. The van der Waals surface area contributed by atoms with Crippen LogP contribution in [0.2, 0.25) is 0 Å². The van der Waals surface area contributed by atoms with Gasteiger partial charge in [0.25, 0.3) is 5.69 Å². The van der Waals surface area contributed by atoms with Gasteiger partial charge in [-0.25, -0.2) is 0 Å². The molecule has 1 unspecified atom stereocenters. The van der Waals surface area contributed by atoms with E-state index >= 15 is 0 Å². The average molecular weight is 430 g/mol. The minimum atomic E-state index is -0.854. The largest absolute Gasteiger partial charge is 0.459 e. The van der Waals surface area contributed by atoms with Gasteiger partial charge in [0.15, 0.2) is 0 Å². The van der Waals surface area contributed by atoms with Crippen molar-refractivity contribution in [1.82, 2.24) is 5.32 Å². The van der Waals surface area contributed by atoms with Gasteiger partial charge in [-0.05, 0) is 44.0 Å². The van der Waals surface area contributed by atoms with Crippen molar-refractivity contribution < 1.29 is 29.1 Å². The van der Waals surface area contributed by atoms with Gasteiger partial charge in [0.1, 0.15) is 11.4 Å². The van der Waals surface area contributed by atoms with Gasteiger partial charge in [-0.15, -0.1) is 0 Å². The summed E-state index contributed by atoms with van der Waals surface area (Å²) in [6, 6.07) is 12.0. The van der Waals surface area contributed by atoms with Crippen LogP contribution in [-0.4, -0.2) is 40.7 Å². The normalized spacial score (nSPS) is 12.1. The van der Waals surface area contributed by atoms with E-state index in [1.807, 2.05) is 0 Å². The molecule has 1 atom stereocenters. The van der Waals surface area contributed by atoms with Gasteiger partial charge in [-0.3, -0.25) is 19.7 Å². The molecule has 9 nitrogen and oxygen atoms in total. The fourth-order valence-corrected chi connectivity index (χ4v) is 2.63. The molecule has 31 heavy (non-hydrogen) atoms. The van der Waals surface area contributed by atoms with Gasteiger partial charge < -0.3 is 19.9 Å². The second kappa shape index (κ2) is 10.6. The summed E-state index contributed by atoms with van der Waals surface area (Å²) in [4.78, 5) is 33.9. The highest BCUT2D eigenvalue weighted by Gasteiger charge is 2.16. The maximum atomic E-state index is 12.1. The SMILES string of the molecule is CC(C)(C)OC(=O)CNCC(O)c1ccc(OC(=O)Cc2ccc([N+](=O)[O-])cc2)cc1. The number of aliphatic hydroxyl groups excluding tert-OH is 1. The zero-order chi connectivity index (χ0) is 23.0. The van der Waals surface area contributed by atoms with E-state index in [9.17, 15) is 24.8 Å². The number of esters is 2. The standard InChI is InChI=1S/C22H26N2O7/c1-22(2,3)31-21(27)14-23-13-19(25)16-6-10-18(11-7-16)30-20(26)12-15-4-8-17(9-5-15)24(28)29/h4-11,19,23,25H,12-14H2,1-3H3. The van der Waals surface area contributed by atoms with Crippen LogP contribution >= 0.6 is 0 Å². The van der Waals surface area contributed by atoms with E-state index in [0.29, 0.717) is 16.9 Å². The summed E-state index contributed by atoms with van der Waals surface area (Å²) in [6.07, 6.45) is -0.885. The molecular weight excluding hydrogens is 404 g/mol. The third-order valence-corrected chi connectivity index (χ3v) is 4.02. The molecule has 0 amide bonds. The zero-order valence-corrected chi connectivity index (χ0v) is 17.7. The first-order valence-corrected chi connectivity index (χ1v) is 9.68. The highest BCUT2D eigenvalue weighted by molar-refractivity contribution is 5.75. The van der Waals surface area contributed by atoms with Crippen LogP contribution in [0.3, 0.4) is 0 Å². The number of ether oxygens (including phenoxy) is 2. The first-order chi connectivity index (χ1) is 14.5. The summed E-state index contributed by atoms with van der Waals surface area (Å²) in [5.74, 6) is -0.610. The van der Waals surface area contributed by atoms with Crippen molar-refractivity contribution in [2.45, 2.75) is 38.9 Å². The Kier molecular flexibility index (Phi) is 8.23. The minimum Gasteiger partial charge on any atom is -0.459 e. The Morgan fingerprint density at radius 2 is 1.68 bits per heavy atom. The minimum absolute atomic E-state index is 0.0212. The molecule has 2 aromatic rings. The first-order valence-electron chi connectivity index (χ1n) is 9.68. The molecule has 0 aliphatic rings. The first kappa shape index (κ1) is 24.0. The highest BCUT2D eigenvalue weighted by Crippen LogP contribution is 2.19. The summed E-state index contributed by atoms with van der Waals surface area (Å²) in [5, 5.41) is 23.7. The molecule has 166 valence electrons. The molecule has 0 heterocycles. The van der Waals surface area contributed by atoms with E-state index in [4.69, 9.17) is 9.47 Å². The Morgan fingerprint density at radius 1 is 1.06 bits per heavy atom. The quantitative estimate of drug-likeness (QED) is 0.269. The lowest BCUT2D eigenvalue weighted by Crippen LogP contribution is -2.33. The van der Waals surface area contributed by atoms with E-state index in [2.05, 4.69) is 5.32 Å². The molecule has 0 saturated heterocycles. The van der Waals surface area contributed by atoms with Crippen LogP contribution in [0.1, 0.15) is 38.0 Å². The smallest absolute Gasteiger partial charge is 0.320 e. The van der Waals surface area contributed by atoms with Gasteiger partial charge in [-0.2, -0.15) is 0 Å². The van der Waals surface area contributed by atoms with E-state index < -0.39 is 28.6 Å². The zero-order valence-electron chi connectivity index (χ0n) is 17.7. The Balaban J connectivity index is 1.80. The number of carbonyl (C=O) groups is 2. The lowest BCUT2D eigenvalue weighted by molar-refractivity contribution is -0.384. The number of hydrogen-bond acceptors (Lipinski definition) is 8. The summed E-state index contributed by atoms with van der Waals surface area (Å²) in [6.45, 7) is 5.46. The molecule has 0 aliphatic heterocycles. The number of nitrogens with zero attached hydrogens (tertiary/aromatic N) is 1. The van der Waals surface area contributed by atoms with Crippen molar-refractivity contribution in [1.29, 1.82) is 0 Å². The molecule has 2 aromatic carbocycles. The molecule has 9 heteroatoms. The Morgan fingerprint density at radius 3 is 2.23 bits per heavy atom. The molecular formula is C22H26N2O7. The van der Waals surface area contributed by atoms with Crippen LogP contribution in [-0.2, 0) is 20.7 Å². The topological polar surface area (TPSA) is 128 Å². The highest BCUT2D eigenvalue weighted by atomic mass is 16.6. The number of benzene rings is 2. The van der Waals surface area contributed by atoms with E-state index in [0.717, 1.165) is 0 Å². The van der Waals surface area contributed by atoms with Crippen LogP contribution in [0.4, 0.5) is 5.69 Å². The number of nitro groups is 1. The molecule has 0 radical (unpaired) electrons. The number of hydrogen-bond donors (Lipinski definition) is 2. The Hall–Kier alpha value is -3.30. The fourth-order valence-electron chi connectivity index (χ4n) is 2.63. The second-order valence-electron chi connectivity index (χ2n) is 7.88. The molecule has 0 fully saturated rings. The third-order valence-electron chi connectivity index (χ3n) is 4.02.